The summed E-state index contributed by atoms with van der Waals surface area (Å²) in [4.78, 5) is 12.3. The minimum absolute atomic E-state index is 0.0671. The maximum Gasteiger partial charge on any atom is 0.586 e. The lowest BCUT2D eigenvalue weighted by molar-refractivity contribution is -0.286. The Morgan fingerprint density at radius 2 is 2.00 bits per heavy atom. The third-order valence-electron chi connectivity index (χ3n) is 4.17. The molecule has 7 nitrogen and oxygen atoms in total. The molecule has 0 atom stereocenters. The maximum atomic E-state index is 13.1. The van der Waals surface area contributed by atoms with Crippen LogP contribution in [0.4, 0.5) is 14.5 Å². The van der Waals surface area contributed by atoms with Gasteiger partial charge in [0.15, 0.2) is 16.7 Å². The van der Waals surface area contributed by atoms with Gasteiger partial charge < -0.3 is 14.8 Å². The van der Waals surface area contributed by atoms with Gasteiger partial charge in [0.1, 0.15) is 6.33 Å². The summed E-state index contributed by atoms with van der Waals surface area (Å²) in [5, 5.41) is 11.3. The number of nitrogens with one attached hydrogen (secondary N) is 1. The molecule has 0 saturated carbocycles. The number of amides is 1. The highest BCUT2D eigenvalue weighted by Gasteiger charge is 2.43. The molecule has 0 aliphatic carbocycles. The van der Waals surface area contributed by atoms with Gasteiger partial charge in [-0.15, -0.1) is 19.0 Å². The number of hydrogen-bond donors (Lipinski definition) is 1. The molecule has 2 aromatic carbocycles. The fourth-order valence-corrected chi connectivity index (χ4v) is 3.61. The van der Waals surface area contributed by atoms with Crippen molar-refractivity contribution in [1.82, 2.24) is 14.8 Å². The van der Waals surface area contributed by atoms with Crippen molar-refractivity contribution in [3.8, 4) is 17.2 Å². The van der Waals surface area contributed by atoms with Crippen molar-refractivity contribution in [2.75, 3.05) is 11.1 Å². The molecule has 0 saturated heterocycles. The Balaban J connectivity index is 1.41. The lowest BCUT2D eigenvalue weighted by Gasteiger charge is -2.10. The first-order chi connectivity index (χ1) is 13.9. The number of rotatable bonds is 6. The first-order valence-electron chi connectivity index (χ1n) is 8.76. The first-order valence-corrected chi connectivity index (χ1v) is 9.74. The van der Waals surface area contributed by atoms with Crippen LogP contribution in [-0.2, 0) is 11.2 Å². The monoisotopic (exact) mass is 418 g/mol. The van der Waals surface area contributed by atoms with E-state index in [2.05, 4.69) is 31.9 Å². The molecular weight excluding hydrogens is 402 g/mol. The van der Waals surface area contributed by atoms with E-state index in [4.69, 9.17) is 0 Å². The van der Waals surface area contributed by atoms with E-state index in [1.807, 2.05) is 28.8 Å². The van der Waals surface area contributed by atoms with Gasteiger partial charge >= 0.3 is 6.29 Å². The van der Waals surface area contributed by atoms with E-state index in [1.54, 1.807) is 6.33 Å². The summed E-state index contributed by atoms with van der Waals surface area (Å²) in [6.07, 6.45) is -1.24. The number of anilines is 1. The number of ether oxygens (including phenoxy) is 2. The average molecular weight is 418 g/mol. The number of thioether (sulfide) groups is 1. The number of carbonyl (C=O) groups excluding carboxylic acids is 1. The minimum atomic E-state index is -3.69. The first kappa shape index (κ1) is 19.2. The van der Waals surface area contributed by atoms with Crippen molar-refractivity contribution in [2.45, 2.75) is 24.8 Å². The van der Waals surface area contributed by atoms with Crippen molar-refractivity contribution in [3.05, 3.63) is 54.4 Å². The van der Waals surface area contributed by atoms with Crippen molar-refractivity contribution in [1.29, 1.82) is 0 Å². The Labute approximate surface area is 169 Å². The number of hydrogen-bond acceptors (Lipinski definition) is 6. The molecule has 1 aliphatic rings. The molecule has 1 amide bonds. The predicted octanol–water partition coefficient (Wildman–Crippen LogP) is 3.88. The Morgan fingerprint density at radius 3 is 2.83 bits per heavy atom. The van der Waals surface area contributed by atoms with Crippen LogP contribution in [0.2, 0.25) is 0 Å². The number of halogens is 2. The normalized spacial score (nSPS) is 14.0. The number of para-hydroxylation sites is 1. The van der Waals surface area contributed by atoms with Crippen LogP contribution in [0.1, 0.15) is 12.5 Å². The molecular formula is C19H16F2N4O3S. The summed E-state index contributed by atoms with van der Waals surface area (Å²) in [6, 6.07) is 12.0. The van der Waals surface area contributed by atoms with Gasteiger partial charge in [0.25, 0.3) is 0 Å². The molecule has 4 rings (SSSR count). The van der Waals surface area contributed by atoms with Crippen molar-refractivity contribution < 1.29 is 23.0 Å². The summed E-state index contributed by atoms with van der Waals surface area (Å²) >= 11 is 1.22. The average Bonchev–Trinajstić information content (AvgIpc) is 3.28. The number of benzene rings is 2. The van der Waals surface area contributed by atoms with Crippen LogP contribution in [0.5, 0.6) is 11.5 Å². The molecule has 10 heteroatoms. The lowest BCUT2D eigenvalue weighted by atomic mass is 10.1. The van der Waals surface area contributed by atoms with E-state index in [-0.39, 0.29) is 23.2 Å². The fourth-order valence-electron chi connectivity index (χ4n) is 2.89. The summed E-state index contributed by atoms with van der Waals surface area (Å²) in [7, 11) is 0. The summed E-state index contributed by atoms with van der Waals surface area (Å²) in [6.45, 7) is 2.06. The van der Waals surface area contributed by atoms with E-state index in [1.165, 1.54) is 30.0 Å². The van der Waals surface area contributed by atoms with Gasteiger partial charge in [0, 0.05) is 11.8 Å². The molecule has 1 N–H and O–H groups in total. The summed E-state index contributed by atoms with van der Waals surface area (Å²) in [5.74, 6) is -0.460. The molecule has 1 aromatic heterocycles. The quantitative estimate of drug-likeness (QED) is 0.612. The number of fused-ring (bicyclic) bond motifs is 1. The maximum absolute atomic E-state index is 13.1. The zero-order valence-corrected chi connectivity index (χ0v) is 16.1. The Morgan fingerprint density at radius 1 is 1.21 bits per heavy atom. The third kappa shape index (κ3) is 4.16. The van der Waals surface area contributed by atoms with Crippen molar-refractivity contribution in [3.63, 3.8) is 0 Å². The Kier molecular flexibility index (Phi) is 5.10. The van der Waals surface area contributed by atoms with Crippen LogP contribution in [0.15, 0.2) is 53.9 Å². The highest BCUT2D eigenvalue weighted by Crippen LogP contribution is 2.42. The zero-order chi connectivity index (χ0) is 20.4. The van der Waals surface area contributed by atoms with E-state index in [0.717, 1.165) is 17.7 Å². The summed E-state index contributed by atoms with van der Waals surface area (Å²) in [5.41, 5.74) is 2.42. The Bertz CT molecular complexity index is 1060. The van der Waals surface area contributed by atoms with Crippen LogP contribution >= 0.6 is 11.8 Å². The molecule has 0 fully saturated rings. The van der Waals surface area contributed by atoms with Crippen molar-refractivity contribution in [2.24, 2.45) is 0 Å². The number of aromatic nitrogens is 3. The topological polar surface area (TPSA) is 78.3 Å². The Hall–Kier alpha value is -3.14. The molecule has 1 aliphatic heterocycles. The smallest absolute Gasteiger partial charge is 0.395 e. The van der Waals surface area contributed by atoms with Gasteiger partial charge in [-0.2, -0.15) is 0 Å². The van der Waals surface area contributed by atoms with Crippen LogP contribution < -0.4 is 14.8 Å². The second-order valence-electron chi connectivity index (χ2n) is 6.13. The molecule has 150 valence electrons. The van der Waals surface area contributed by atoms with Gasteiger partial charge in [-0.3, -0.25) is 9.36 Å². The molecule has 0 radical (unpaired) electrons. The van der Waals surface area contributed by atoms with Gasteiger partial charge in [0.2, 0.25) is 5.91 Å². The van der Waals surface area contributed by atoms with E-state index in [9.17, 15) is 13.6 Å². The van der Waals surface area contributed by atoms with Crippen molar-refractivity contribution >= 4 is 23.4 Å². The van der Waals surface area contributed by atoms with Gasteiger partial charge in [-0.05, 0) is 30.2 Å². The molecule has 2 heterocycles. The number of carbonyl (C=O) groups is 1. The highest BCUT2D eigenvalue weighted by molar-refractivity contribution is 7.99. The lowest BCUT2D eigenvalue weighted by Crippen LogP contribution is -2.25. The fraction of sp³-hybridized carbons (Fsp3) is 0.211. The molecule has 3 aromatic rings. The van der Waals surface area contributed by atoms with E-state index >= 15 is 0 Å². The molecule has 29 heavy (non-hydrogen) atoms. The second-order valence-corrected chi connectivity index (χ2v) is 7.07. The molecule has 0 bridgehead atoms. The second kappa shape index (κ2) is 7.70. The van der Waals surface area contributed by atoms with Crippen LogP contribution in [0, 0.1) is 0 Å². The third-order valence-corrected chi connectivity index (χ3v) is 5.11. The number of nitrogens with zero attached hydrogens (tertiary/aromatic N) is 3. The van der Waals surface area contributed by atoms with Gasteiger partial charge in [-0.1, -0.05) is 36.9 Å². The SMILES string of the molecule is CCc1ccccc1-n1cnnc1SCC(=O)Nc1ccc2c(c1)OC(F)(F)O2. The van der Waals surface area contributed by atoms with E-state index in [0.29, 0.717) is 10.8 Å². The largest absolute Gasteiger partial charge is 0.586 e. The number of alkyl halides is 2. The minimum Gasteiger partial charge on any atom is -0.395 e. The standard InChI is InChI=1S/C19H16F2N4O3S/c1-2-12-5-3-4-6-14(12)25-11-22-24-18(25)29-10-17(26)23-13-7-8-15-16(9-13)28-19(20,21)27-15/h3-9,11H,2,10H2,1H3,(H,23,26). The zero-order valence-electron chi connectivity index (χ0n) is 15.3. The summed E-state index contributed by atoms with van der Waals surface area (Å²) < 4.78 is 36.7. The van der Waals surface area contributed by atoms with Crippen LogP contribution in [-0.4, -0.2) is 32.7 Å². The van der Waals surface area contributed by atoms with E-state index < -0.39 is 6.29 Å². The van der Waals surface area contributed by atoms with Crippen LogP contribution in [0.3, 0.4) is 0 Å². The van der Waals surface area contributed by atoms with Gasteiger partial charge in [-0.25, -0.2) is 0 Å². The highest BCUT2D eigenvalue weighted by atomic mass is 32.2. The number of aryl methyl sites for hydroxylation is 1. The predicted molar refractivity (Wildman–Crippen MR) is 103 cm³/mol. The van der Waals surface area contributed by atoms with Gasteiger partial charge in [0.05, 0.1) is 11.4 Å². The van der Waals surface area contributed by atoms with Crippen LogP contribution in [0.25, 0.3) is 5.69 Å². The molecule has 0 unspecified atom stereocenters. The molecule has 0 spiro atoms.